The van der Waals surface area contributed by atoms with Gasteiger partial charge in [-0.15, -0.1) is 0 Å². The standard InChI is InChI=1S/C15H24N2O/c1-12-4-6-14(7-5-12)9-17-10-15(11-18)16(3)8-13(17)2/h4-7,13,15,18H,8-11H2,1-3H3. The van der Waals surface area contributed by atoms with Crippen LogP contribution in [0.4, 0.5) is 0 Å². The third-order valence-corrected chi connectivity index (χ3v) is 3.96. The Morgan fingerprint density at radius 2 is 1.89 bits per heavy atom. The van der Waals surface area contributed by atoms with Crippen LogP contribution in [0.25, 0.3) is 0 Å². The molecular formula is C15H24N2O. The lowest BCUT2D eigenvalue weighted by Crippen LogP contribution is -2.56. The maximum Gasteiger partial charge on any atom is 0.0599 e. The highest BCUT2D eigenvalue weighted by Gasteiger charge is 2.28. The molecule has 3 nitrogen and oxygen atoms in total. The lowest BCUT2D eigenvalue weighted by Gasteiger charge is -2.43. The van der Waals surface area contributed by atoms with E-state index >= 15 is 0 Å². The summed E-state index contributed by atoms with van der Waals surface area (Å²) >= 11 is 0. The van der Waals surface area contributed by atoms with Gasteiger partial charge in [-0.05, 0) is 26.5 Å². The Labute approximate surface area is 110 Å². The minimum absolute atomic E-state index is 0.244. The van der Waals surface area contributed by atoms with Crippen molar-refractivity contribution in [2.45, 2.75) is 32.5 Å². The minimum atomic E-state index is 0.244. The van der Waals surface area contributed by atoms with Gasteiger partial charge in [0.25, 0.3) is 0 Å². The Balaban J connectivity index is 2.01. The Hall–Kier alpha value is -0.900. The second-order valence-electron chi connectivity index (χ2n) is 5.54. The lowest BCUT2D eigenvalue weighted by atomic mass is 10.1. The monoisotopic (exact) mass is 248 g/mol. The Morgan fingerprint density at radius 3 is 2.50 bits per heavy atom. The van der Waals surface area contributed by atoms with Crippen LogP contribution in [0.1, 0.15) is 18.1 Å². The van der Waals surface area contributed by atoms with Gasteiger partial charge in [-0.2, -0.15) is 0 Å². The molecule has 1 fully saturated rings. The molecule has 0 aromatic heterocycles. The number of hydrogen-bond acceptors (Lipinski definition) is 3. The molecule has 0 aliphatic carbocycles. The van der Waals surface area contributed by atoms with Crippen LogP contribution >= 0.6 is 0 Å². The number of likely N-dealkylation sites (N-methyl/N-ethyl adjacent to an activating group) is 1. The largest absolute Gasteiger partial charge is 0.395 e. The van der Waals surface area contributed by atoms with Gasteiger partial charge in [-0.3, -0.25) is 9.80 Å². The summed E-state index contributed by atoms with van der Waals surface area (Å²) in [6, 6.07) is 9.55. The van der Waals surface area contributed by atoms with Crippen molar-refractivity contribution in [2.75, 3.05) is 26.7 Å². The molecule has 100 valence electrons. The molecule has 1 aliphatic rings. The van der Waals surface area contributed by atoms with E-state index in [1.807, 2.05) is 0 Å². The number of nitrogens with zero attached hydrogens (tertiary/aromatic N) is 2. The van der Waals surface area contributed by atoms with Gasteiger partial charge in [-0.1, -0.05) is 29.8 Å². The molecular weight excluding hydrogens is 224 g/mol. The molecule has 1 aromatic rings. The van der Waals surface area contributed by atoms with Crippen LogP contribution in [0.2, 0.25) is 0 Å². The zero-order chi connectivity index (χ0) is 13.1. The molecule has 1 aliphatic heterocycles. The van der Waals surface area contributed by atoms with Crippen molar-refractivity contribution >= 4 is 0 Å². The second kappa shape index (κ2) is 5.83. The maximum atomic E-state index is 9.40. The third-order valence-electron chi connectivity index (χ3n) is 3.96. The van der Waals surface area contributed by atoms with E-state index in [1.165, 1.54) is 11.1 Å². The molecule has 0 radical (unpaired) electrons. The normalized spacial score (nSPS) is 26.4. The summed E-state index contributed by atoms with van der Waals surface area (Å²) in [5, 5.41) is 9.40. The highest BCUT2D eigenvalue weighted by molar-refractivity contribution is 5.21. The van der Waals surface area contributed by atoms with Crippen molar-refractivity contribution in [3.63, 3.8) is 0 Å². The van der Waals surface area contributed by atoms with Crippen molar-refractivity contribution in [1.29, 1.82) is 0 Å². The summed E-state index contributed by atoms with van der Waals surface area (Å²) in [6.45, 7) is 7.57. The molecule has 0 spiro atoms. The topological polar surface area (TPSA) is 26.7 Å². The van der Waals surface area contributed by atoms with E-state index in [9.17, 15) is 5.11 Å². The van der Waals surface area contributed by atoms with Crippen LogP contribution in [0.15, 0.2) is 24.3 Å². The molecule has 0 bridgehead atoms. The number of hydrogen-bond donors (Lipinski definition) is 1. The van der Waals surface area contributed by atoms with E-state index in [2.05, 4.69) is 55.0 Å². The lowest BCUT2D eigenvalue weighted by molar-refractivity contribution is 0.0207. The maximum absolute atomic E-state index is 9.40. The first-order valence-corrected chi connectivity index (χ1v) is 6.71. The van der Waals surface area contributed by atoms with E-state index in [0.29, 0.717) is 6.04 Å². The molecule has 18 heavy (non-hydrogen) atoms. The Bertz CT molecular complexity index is 377. The van der Waals surface area contributed by atoms with Gasteiger partial charge in [0.15, 0.2) is 0 Å². The number of aryl methyl sites for hydroxylation is 1. The predicted octanol–water partition coefficient (Wildman–Crippen LogP) is 1.49. The van der Waals surface area contributed by atoms with Gasteiger partial charge < -0.3 is 5.11 Å². The molecule has 3 heteroatoms. The Kier molecular flexibility index (Phi) is 4.38. The fraction of sp³-hybridized carbons (Fsp3) is 0.600. The zero-order valence-corrected chi connectivity index (χ0v) is 11.6. The first-order chi connectivity index (χ1) is 8.60. The summed E-state index contributed by atoms with van der Waals surface area (Å²) in [5.41, 5.74) is 2.66. The summed E-state index contributed by atoms with van der Waals surface area (Å²) in [6.07, 6.45) is 0. The van der Waals surface area contributed by atoms with Crippen LogP contribution in [0.5, 0.6) is 0 Å². The van der Waals surface area contributed by atoms with Gasteiger partial charge in [0.2, 0.25) is 0 Å². The summed E-state index contributed by atoms with van der Waals surface area (Å²) in [5.74, 6) is 0. The number of aliphatic hydroxyl groups excluding tert-OH is 1. The van der Waals surface area contributed by atoms with Crippen LogP contribution < -0.4 is 0 Å². The van der Waals surface area contributed by atoms with E-state index < -0.39 is 0 Å². The molecule has 0 amide bonds. The van der Waals surface area contributed by atoms with Gasteiger partial charge in [-0.25, -0.2) is 0 Å². The fourth-order valence-corrected chi connectivity index (χ4v) is 2.62. The number of rotatable bonds is 3. The molecule has 0 saturated carbocycles. The predicted molar refractivity (Wildman–Crippen MR) is 74.6 cm³/mol. The molecule has 1 saturated heterocycles. The summed E-state index contributed by atoms with van der Waals surface area (Å²) in [4.78, 5) is 4.72. The second-order valence-corrected chi connectivity index (χ2v) is 5.54. The SMILES string of the molecule is Cc1ccc(CN2CC(CO)N(C)CC2C)cc1. The van der Waals surface area contributed by atoms with Crippen molar-refractivity contribution < 1.29 is 5.11 Å². The molecule has 2 unspecified atom stereocenters. The quantitative estimate of drug-likeness (QED) is 0.878. The Morgan fingerprint density at radius 1 is 1.22 bits per heavy atom. The third kappa shape index (κ3) is 3.10. The van der Waals surface area contributed by atoms with Gasteiger partial charge >= 0.3 is 0 Å². The van der Waals surface area contributed by atoms with E-state index in [4.69, 9.17) is 0 Å². The van der Waals surface area contributed by atoms with E-state index in [1.54, 1.807) is 0 Å². The molecule has 1 aromatic carbocycles. The summed E-state index contributed by atoms with van der Waals surface area (Å²) < 4.78 is 0. The van der Waals surface area contributed by atoms with Gasteiger partial charge in [0, 0.05) is 31.7 Å². The van der Waals surface area contributed by atoms with Crippen LogP contribution in [-0.2, 0) is 6.54 Å². The first kappa shape index (κ1) is 13.5. The van der Waals surface area contributed by atoms with Gasteiger partial charge in [0.1, 0.15) is 0 Å². The van der Waals surface area contributed by atoms with Crippen LogP contribution in [0, 0.1) is 6.92 Å². The smallest absolute Gasteiger partial charge is 0.0599 e. The average molecular weight is 248 g/mol. The highest BCUT2D eigenvalue weighted by Crippen LogP contribution is 2.17. The van der Waals surface area contributed by atoms with Crippen LogP contribution in [0.3, 0.4) is 0 Å². The van der Waals surface area contributed by atoms with Gasteiger partial charge in [0.05, 0.1) is 6.61 Å². The molecule has 1 heterocycles. The number of benzene rings is 1. The van der Waals surface area contributed by atoms with Crippen molar-refractivity contribution in [3.05, 3.63) is 35.4 Å². The van der Waals surface area contributed by atoms with E-state index in [-0.39, 0.29) is 12.6 Å². The van der Waals surface area contributed by atoms with Crippen molar-refractivity contribution in [2.24, 2.45) is 0 Å². The zero-order valence-electron chi connectivity index (χ0n) is 11.6. The molecule has 1 N–H and O–H groups in total. The van der Waals surface area contributed by atoms with E-state index in [0.717, 1.165) is 19.6 Å². The minimum Gasteiger partial charge on any atom is -0.395 e. The average Bonchev–Trinajstić information content (AvgIpc) is 2.35. The van der Waals surface area contributed by atoms with Crippen molar-refractivity contribution in [3.8, 4) is 0 Å². The number of aliphatic hydroxyl groups is 1. The van der Waals surface area contributed by atoms with Crippen LogP contribution in [-0.4, -0.2) is 53.7 Å². The fourth-order valence-electron chi connectivity index (χ4n) is 2.62. The van der Waals surface area contributed by atoms with Crippen molar-refractivity contribution in [1.82, 2.24) is 9.80 Å². The molecule has 2 rings (SSSR count). The highest BCUT2D eigenvalue weighted by atomic mass is 16.3. The summed E-state index contributed by atoms with van der Waals surface area (Å²) in [7, 11) is 2.10. The first-order valence-electron chi connectivity index (χ1n) is 6.71. The number of piperazine rings is 1. The molecule has 2 atom stereocenters.